The summed E-state index contributed by atoms with van der Waals surface area (Å²) >= 11 is 2.46. The molecule has 0 atom stereocenters. The maximum Gasteiger partial charge on any atom is 0.286 e. The highest BCUT2D eigenvalue weighted by atomic mass is 127. The molecule has 124 valence electrons. The molecule has 4 heteroatoms. The number of benzene rings is 2. The summed E-state index contributed by atoms with van der Waals surface area (Å²) < 4.78 is 6.16. The SMILES string of the molecule is Cc1c(I)ccc2c3cccc4c3n(c12)-c1c(ccc[n+]1C)[Si]4(C)C. The predicted octanol–water partition coefficient (Wildman–Crippen LogP) is 3.66. The van der Waals surface area contributed by atoms with Gasteiger partial charge in [-0.2, -0.15) is 4.57 Å². The minimum atomic E-state index is -1.73. The van der Waals surface area contributed by atoms with E-state index in [1.165, 1.54) is 41.9 Å². The van der Waals surface area contributed by atoms with Crippen LogP contribution in [0.3, 0.4) is 0 Å². The lowest BCUT2D eigenvalue weighted by molar-refractivity contribution is -0.664. The van der Waals surface area contributed by atoms with Crippen LogP contribution in [-0.2, 0) is 7.05 Å². The van der Waals surface area contributed by atoms with Gasteiger partial charge in [-0.05, 0) is 59.0 Å². The zero-order valence-corrected chi connectivity index (χ0v) is 18.0. The molecule has 4 aromatic rings. The van der Waals surface area contributed by atoms with Gasteiger partial charge in [0.2, 0.25) is 0 Å². The van der Waals surface area contributed by atoms with E-state index in [4.69, 9.17) is 0 Å². The van der Waals surface area contributed by atoms with E-state index in [9.17, 15) is 0 Å². The van der Waals surface area contributed by atoms with Gasteiger partial charge in [0.1, 0.15) is 19.1 Å². The van der Waals surface area contributed by atoms with E-state index in [1.807, 2.05) is 0 Å². The minimum Gasteiger partial charge on any atom is -0.237 e. The highest BCUT2D eigenvalue weighted by Crippen LogP contribution is 2.36. The van der Waals surface area contributed by atoms with Crippen LogP contribution in [0, 0.1) is 10.5 Å². The smallest absolute Gasteiger partial charge is 0.237 e. The highest BCUT2D eigenvalue weighted by molar-refractivity contribution is 14.1. The lowest BCUT2D eigenvalue weighted by atomic mass is 10.1. The lowest BCUT2D eigenvalue weighted by Crippen LogP contribution is -2.60. The van der Waals surface area contributed by atoms with Crippen LogP contribution in [0.15, 0.2) is 48.7 Å². The summed E-state index contributed by atoms with van der Waals surface area (Å²) in [6, 6.07) is 16.0. The molecule has 0 aliphatic carbocycles. The summed E-state index contributed by atoms with van der Waals surface area (Å²) in [6.45, 7) is 7.22. The van der Waals surface area contributed by atoms with Crippen molar-refractivity contribution in [2.24, 2.45) is 7.05 Å². The van der Waals surface area contributed by atoms with E-state index in [1.54, 1.807) is 5.19 Å². The van der Waals surface area contributed by atoms with Crippen LogP contribution >= 0.6 is 22.6 Å². The standard InChI is InChI=1S/C21H20IN2Si/c1-13-16(22)11-10-15-14-7-5-8-17-20(14)24(19(13)15)21-18(25(17,3)4)9-6-12-23(21)2/h5-12H,1-4H3/q+1. The Morgan fingerprint density at radius 1 is 0.920 bits per heavy atom. The fraction of sp³-hybridized carbons (Fsp3) is 0.190. The third kappa shape index (κ3) is 1.82. The topological polar surface area (TPSA) is 8.81 Å². The van der Waals surface area contributed by atoms with E-state index in [0.717, 1.165) is 0 Å². The Balaban J connectivity index is 2.18. The summed E-state index contributed by atoms with van der Waals surface area (Å²) in [4.78, 5) is 0. The van der Waals surface area contributed by atoms with E-state index in [0.29, 0.717) is 0 Å². The fourth-order valence-electron chi connectivity index (χ4n) is 4.53. The Hall–Kier alpha value is -1.66. The summed E-state index contributed by atoms with van der Waals surface area (Å²) in [5, 5.41) is 5.83. The van der Waals surface area contributed by atoms with Crippen LogP contribution in [0.1, 0.15) is 5.56 Å². The largest absolute Gasteiger partial charge is 0.286 e. The van der Waals surface area contributed by atoms with Gasteiger partial charge < -0.3 is 0 Å². The number of aromatic nitrogens is 2. The molecular formula is C21H20IN2Si+. The molecular weight excluding hydrogens is 435 g/mol. The maximum absolute atomic E-state index is 2.53. The van der Waals surface area contributed by atoms with Gasteiger partial charge >= 0.3 is 0 Å². The van der Waals surface area contributed by atoms with Gasteiger partial charge in [0.05, 0.1) is 13.2 Å². The molecule has 0 amide bonds. The van der Waals surface area contributed by atoms with Crippen molar-refractivity contribution in [1.82, 2.24) is 4.57 Å². The molecule has 0 spiro atoms. The Kier molecular flexibility index (Phi) is 3.08. The number of halogens is 1. The van der Waals surface area contributed by atoms with Crippen LogP contribution in [-0.4, -0.2) is 12.6 Å². The van der Waals surface area contributed by atoms with Gasteiger partial charge in [0, 0.05) is 25.1 Å². The van der Waals surface area contributed by atoms with Crippen molar-refractivity contribution in [2.75, 3.05) is 0 Å². The molecule has 5 rings (SSSR count). The normalized spacial score (nSPS) is 14.9. The van der Waals surface area contributed by atoms with Gasteiger partial charge in [-0.1, -0.05) is 31.3 Å². The Labute approximate surface area is 162 Å². The number of nitrogens with zero attached hydrogens (tertiary/aromatic N) is 2. The van der Waals surface area contributed by atoms with Crippen molar-refractivity contribution in [3.05, 3.63) is 57.8 Å². The Morgan fingerprint density at radius 2 is 1.64 bits per heavy atom. The molecule has 1 aliphatic rings. The summed E-state index contributed by atoms with van der Waals surface area (Å²) in [6.07, 6.45) is 2.18. The molecule has 25 heavy (non-hydrogen) atoms. The molecule has 2 aromatic carbocycles. The van der Waals surface area contributed by atoms with Crippen LogP contribution in [0.25, 0.3) is 27.6 Å². The predicted molar refractivity (Wildman–Crippen MR) is 116 cm³/mol. The number of pyridine rings is 1. The zero-order valence-electron chi connectivity index (χ0n) is 14.9. The van der Waals surface area contributed by atoms with E-state index < -0.39 is 8.07 Å². The number of fused-ring (bicyclic) bond motifs is 5. The van der Waals surface area contributed by atoms with Crippen LogP contribution in [0.4, 0.5) is 0 Å². The highest BCUT2D eigenvalue weighted by Gasteiger charge is 2.42. The second-order valence-electron chi connectivity index (χ2n) is 7.59. The molecule has 0 radical (unpaired) electrons. The van der Waals surface area contributed by atoms with Crippen molar-refractivity contribution >= 4 is 62.8 Å². The first-order valence-electron chi connectivity index (χ1n) is 8.65. The van der Waals surface area contributed by atoms with E-state index in [-0.39, 0.29) is 0 Å². The van der Waals surface area contributed by atoms with Crippen LogP contribution in [0.5, 0.6) is 0 Å². The number of rotatable bonds is 0. The first kappa shape index (κ1) is 15.6. The van der Waals surface area contributed by atoms with Gasteiger partial charge in [-0.15, -0.1) is 0 Å². The molecule has 0 N–H and O–H groups in total. The van der Waals surface area contributed by atoms with Gasteiger partial charge in [-0.25, -0.2) is 4.57 Å². The van der Waals surface area contributed by atoms with E-state index >= 15 is 0 Å². The second-order valence-corrected chi connectivity index (χ2v) is 13.1. The number of hydrogen-bond acceptors (Lipinski definition) is 0. The maximum atomic E-state index is 2.53. The fourth-order valence-corrected chi connectivity index (χ4v) is 7.96. The van der Waals surface area contributed by atoms with Gasteiger partial charge in [-0.3, -0.25) is 0 Å². The number of hydrogen-bond donors (Lipinski definition) is 0. The Bertz CT molecular complexity index is 1200. The van der Waals surface area contributed by atoms with Crippen molar-refractivity contribution in [3.63, 3.8) is 0 Å². The Morgan fingerprint density at radius 3 is 2.44 bits per heavy atom. The molecule has 0 bridgehead atoms. The average molecular weight is 455 g/mol. The third-order valence-electron chi connectivity index (χ3n) is 5.84. The second kappa shape index (κ2) is 4.95. The van der Waals surface area contributed by atoms with Crippen molar-refractivity contribution in [1.29, 1.82) is 0 Å². The molecule has 0 fully saturated rings. The van der Waals surface area contributed by atoms with Crippen molar-refractivity contribution in [3.8, 4) is 5.82 Å². The molecule has 2 nitrogen and oxygen atoms in total. The number of aryl methyl sites for hydroxylation is 2. The summed E-state index contributed by atoms with van der Waals surface area (Å²) in [5.74, 6) is 1.35. The minimum absolute atomic E-state index is 1.33. The summed E-state index contributed by atoms with van der Waals surface area (Å²) in [7, 11) is 0.448. The third-order valence-corrected chi connectivity index (χ3v) is 10.5. The van der Waals surface area contributed by atoms with Gasteiger partial charge in [0.25, 0.3) is 5.82 Å². The lowest BCUT2D eigenvalue weighted by Gasteiger charge is -2.29. The molecule has 0 saturated heterocycles. The first-order valence-corrected chi connectivity index (χ1v) is 12.7. The van der Waals surface area contributed by atoms with Crippen molar-refractivity contribution in [2.45, 2.75) is 20.0 Å². The molecule has 2 aromatic heterocycles. The molecule has 3 heterocycles. The van der Waals surface area contributed by atoms with Gasteiger partial charge in [0.15, 0.2) is 0 Å². The molecule has 1 aliphatic heterocycles. The average Bonchev–Trinajstić information content (AvgIpc) is 2.92. The monoisotopic (exact) mass is 455 g/mol. The van der Waals surface area contributed by atoms with E-state index in [2.05, 4.69) is 107 Å². The molecule has 0 unspecified atom stereocenters. The van der Waals surface area contributed by atoms with Crippen LogP contribution in [0.2, 0.25) is 13.1 Å². The first-order chi connectivity index (χ1) is 11.9. The zero-order chi connectivity index (χ0) is 17.5. The molecule has 0 saturated carbocycles. The van der Waals surface area contributed by atoms with Crippen molar-refractivity contribution < 1.29 is 4.57 Å². The summed E-state index contributed by atoms with van der Waals surface area (Å²) in [5.41, 5.74) is 4.16. The number of para-hydroxylation sites is 1. The quantitative estimate of drug-likeness (QED) is 0.218. The van der Waals surface area contributed by atoms with Crippen LogP contribution < -0.4 is 14.9 Å².